The first-order chi connectivity index (χ1) is 13.5. The Balaban J connectivity index is 1.45. The average molecular weight is 400 g/mol. The van der Waals surface area contributed by atoms with Crippen molar-refractivity contribution in [2.24, 2.45) is 0 Å². The highest BCUT2D eigenvalue weighted by Gasteiger charge is 2.11. The van der Waals surface area contributed by atoms with E-state index in [-0.39, 0.29) is 10.8 Å². The molecule has 0 bridgehead atoms. The van der Waals surface area contributed by atoms with E-state index in [1.54, 1.807) is 31.3 Å². The van der Waals surface area contributed by atoms with Crippen molar-refractivity contribution in [2.75, 3.05) is 20.2 Å². The van der Waals surface area contributed by atoms with Crippen molar-refractivity contribution in [3.63, 3.8) is 0 Å². The molecule has 28 heavy (non-hydrogen) atoms. The van der Waals surface area contributed by atoms with Crippen LogP contribution in [0.2, 0.25) is 0 Å². The summed E-state index contributed by atoms with van der Waals surface area (Å²) in [4.78, 5) is 27.3. The van der Waals surface area contributed by atoms with Crippen LogP contribution in [-0.4, -0.2) is 41.3 Å². The number of aromatic hydroxyl groups is 1. The molecule has 8 heteroatoms. The lowest BCUT2D eigenvalue weighted by Gasteiger charge is -2.17. The maximum atomic E-state index is 12.0. The summed E-state index contributed by atoms with van der Waals surface area (Å²) >= 11 is 0.992. The average Bonchev–Trinajstić information content (AvgIpc) is 3.00. The lowest BCUT2D eigenvalue weighted by Crippen LogP contribution is -2.33. The summed E-state index contributed by atoms with van der Waals surface area (Å²) in [5.74, 6) is 1.08. The zero-order chi connectivity index (χ0) is 19.9. The van der Waals surface area contributed by atoms with Crippen LogP contribution in [0.1, 0.15) is 10.4 Å². The van der Waals surface area contributed by atoms with Gasteiger partial charge in [-0.2, -0.15) is 0 Å². The molecule has 0 radical (unpaired) electrons. The molecule has 0 spiro atoms. The lowest BCUT2D eigenvalue weighted by atomic mass is 10.1. The number of aromatic amines is 1. The first-order valence-electron chi connectivity index (χ1n) is 8.62. The number of para-hydroxylation sites is 1. The number of ether oxygens (including phenoxy) is 2. The van der Waals surface area contributed by atoms with E-state index in [1.807, 2.05) is 30.3 Å². The van der Waals surface area contributed by atoms with Gasteiger partial charge in [0.15, 0.2) is 0 Å². The summed E-state index contributed by atoms with van der Waals surface area (Å²) in [5, 5.41) is 9.64. The number of hydrogen-bond donors (Lipinski definition) is 2. The smallest absolute Gasteiger partial charge is 0.415 e. The molecule has 0 fully saturated rings. The van der Waals surface area contributed by atoms with Gasteiger partial charge in [0.25, 0.3) is 0 Å². The number of benzene rings is 2. The second-order valence-electron chi connectivity index (χ2n) is 6.06. The van der Waals surface area contributed by atoms with Crippen LogP contribution in [0.3, 0.4) is 0 Å². The number of hydrogen-bond acceptors (Lipinski definition) is 6. The number of aromatic nitrogens is 1. The number of H-pyrrole nitrogens is 1. The third kappa shape index (κ3) is 5.37. The standard InChI is InChI=1S/C20H20N2O5S/c1-22(20(25)27-16-5-3-2-4-6-16)11-12-26-15-9-7-14(8-10-15)13-17-18(23)21-19(24)28-17/h2-10,23H,11-13H2,1H3,(H,21,24). The van der Waals surface area contributed by atoms with Gasteiger partial charge in [-0.05, 0) is 29.8 Å². The summed E-state index contributed by atoms with van der Waals surface area (Å²) < 4.78 is 10.9. The normalized spacial score (nSPS) is 10.5. The van der Waals surface area contributed by atoms with Crippen molar-refractivity contribution >= 4 is 17.4 Å². The van der Waals surface area contributed by atoms with Crippen LogP contribution in [-0.2, 0) is 6.42 Å². The van der Waals surface area contributed by atoms with Gasteiger partial charge in [-0.15, -0.1) is 0 Å². The van der Waals surface area contributed by atoms with E-state index in [4.69, 9.17) is 9.47 Å². The predicted octanol–water partition coefficient (Wildman–Crippen LogP) is 3.24. The molecule has 1 heterocycles. The van der Waals surface area contributed by atoms with Crippen molar-refractivity contribution in [1.82, 2.24) is 9.88 Å². The van der Waals surface area contributed by atoms with Crippen LogP contribution in [0.25, 0.3) is 0 Å². The minimum absolute atomic E-state index is 0.0826. The minimum Gasteiger partial charge on any atom is -0.494 e. The van der Waals surface area contributed by atoms with Gasteiger partial charge in [0.1, 0.15) is 18.1 Å². The molecule has 0 aliphatic rings. The number of amides is 1. The van der Waals surface area contributed by atoms with Crippen LogP contribution < -0.4 is 14.3 Å². The van der Waals surface area contributed by atoms with E-state index in [0.29, 0.717) is 35.9 Å². The van der Waals surface area contributed by atoms with Gasteiger partial charge in [0, 0.05) is 13.5 Å². The monoisotopic (exact) mass is 400 g/mol. The molecule has 2 N–H and O–H groups in total. The SMILES string of the molecule is CN(CCOc1ccc(Cc2sc(=O)[nH]c2O)cc1)C(=O)Oc1ccccc1. The Morgan fingerprint density at radius 1 is 1.11 bits per heavy atom. The second-order valence-corrected chi connectivity index (χ2v) is 7.13. The van der Waals surface area contributed by atoms with E-state index in [2.05, 4.69) is 4.98 Å². The summed E-state index contributed by atoms with van der Waals surface area (Å²) in [6.07, 6.45) is 0.0132. The highest BCUT2D eigenvalue weighted by molar-refractivity contribution is 7.09. The molecule has 0 aliphatic carbocycles. The molecular formula is C20H20N2O5S. The molecule has 3 rings (SSSR count). The Morgan fingerprint density at radius 2 is 1.82 bits per heavy atom. The number of nitrogens with one attached hydrogen (secondary N) is 1. The number of rotatable bonds is 7. The van der Waals surface area contributed by atoms with Crippen LogP contribution in [0.15, 0.2) is 59.4 Å². The molecule has 0 saturated heterocycles. The van der Waals surface area contributed by atoms with Crippen LogP contribution in [0.5, 0.6) is 17.4 Å². The maximum absolute atomic E-state index is 12.0. The molecular weight excluding hydrogens is 380 g/mol. The van der Waals surface area contributed by atoms with Crippen molar-refractivity contribution in [3.05, 3.63) is 74.7 Å². The molecule has 7 nitrogen and oxygen atoms in total. The lowest BCUT2D eigenvalue weighted by molar-refractivity contribution is 0.153. The Morgan fingerprint density at radius 3 is 2.46 bits per heavy atom. The summed E-state index contributed by atoms with van der Waals surface area (Å²) in [6.45, 7) is 0.693. The number of carbonyl (C=O) groups excluding carboxylic acids is 1. The molecule has 3 aromatic rings. The van der Waals surface area contributed by atoms with E-state index in [0.717, 1.165) is 16.9 Å². The fourth-order valence-electron chi connectivity index (χ4n) is 2.42. The van der Waals surface area contributed by atoms with E-state index < -0.39 is 6.09 Å². The molecule has 1 amide bonds. The summed E-state index contributed by atoms with van der Waals surface area (Å²) in [5.41, 5.74) is 0.946. The second kappa shape index (κ2) is 9.09. The van der Waals surface area contributed by atoms with Crippen molar-refractivity contribution in [3.8, 4) is 17.4 Å². The third-order valence-electron chi connectivity index (χ3n) is 3.94. The van der Waals surface area contributed by atoms with E-state index in [9.17, 15) is 14.7 Å². The third-order valence-corrected chi connectivity index (χ3v) is 4.82. The highest BCUT2D eigenvalue weighted by atomic mass is 32.1. The zero-order valence-electron chi connectivity index (χ0n) is 15.3. The van der Waals surface area contributed by atoms with Gasteiger partial charge in [-0.3, -0.25) is 9.78 Å². The minimum atomic E-state index is -0.449. The number of thiazole rings is 1. The van der Waals surface area contributed by atoms with Crippen LogP contribution in [0, 0.1) is 0 Å². The van der Waals surface area contributed by atoms with Crippen LogP contribution in [0.4, 0.5) is 4.79 Å². The van der Waals surface area contributed by atoms with Gasteiger partial charge >= 0.3 is 11.0 Å². The molecule has 146 valence electrons. The van der Waals surface area contributed by atoms with Gasteiger partial charge in [0.05, 0.1) is 11.4 Å². The number of likely N-dealkylation sites (N-methyl/N-ethyl adjacent to an activating group) is 1. The van der Waals surface area contributed by atoms with Crippen LogP contribution >= 0.6 is 11.3 Å². The Hall–Kier alpha value is -3.26. The molecule has 2 aromatic carbocycles. The number of nitrogens with zero attached hydrogens (tertiary/aromatic N) is 1. The van der Waals surface area contributed by atoms with Gasteiger partial charge in [-0.1, -0.05) is 41.7 Å². The molecule has 0 unspecified atom stereocenters. The molecule has 0 atom stereocenters. The predicted molar refractivity (Wildman–Crippen MR) is 106 cm³/mol. The summed E-state index contributed by atoms with van der Waals surface area (Å²) in [6, 6.07) is 16.2. The first-order valence-corrected chi connectivity index (χ1v) is 9.43. The highest BCUT2D eigenvalue weighted by Crippen LogP contribution is 2.21. The Kier molecular flexibility index (Phi) is 6.33. The van der Waals surface area contributed by atoms with Crippen molar-refractivity contribution in [2.45, 2.75) is 6.42 Å². The Bertz CT molecular complexity index is 966. The molecule has 0 aliphatic heterocycles. The Labute approximate surface area is 165 Å². The van der Waals surface area contributed by atoms with Gasteiger partial charge in [-0.25, -0.2) is 4.79 Å². The van der Waals surface area contributed by atoms with E-state index in [1.165, 1.54) is 4.90 Å². The summed E-state index contributed by atoms with van der Waals surface area (Å²) in [7, 11) is 1.65. The van der Waals surface area contributed by atoms with Crippen molar-refractivity contribution in [1.29, 1.82) is 0 Å². The zero-order valence-corrected chi connectivity index (χ0v) is 16.1. The quantitative estimate of drug-likeness (QED) is 0.635. The van der Waals surface area contributed by atoms with Gasteiger partial charge in [0.2, 0.25) is 5.88 Å². The largest absolute Gasteiger partial charge is 0.494 e. The fourth-order valence-corrected chi connectivity index (χ4v) is 3.18. The molecule has 1 aromatic heterocycles. The molecule has 0 saturated carbocycles. The fraction of sp³-hybridized carbons (Fsp3) is 0.200. The van der Waals surface area contributed by atoms with Gasteiger partial charge < -0.3 is 19.5 Å². The first kappa shape index (κ1) is 19.5. The maximum Gasteiger partial charge on any atom is 0.415 e. The van der Waals surface area contributed by atoms with Crippen molar-refractivity contribution < 1.29 is 19.4 Å². The van der Waals surface area contributed by atoms with E-state index >= 15 is 0 Å². The topological polar surface area (TPSA) is 91.9 Å². The number of carbonyl (C=O) groups is 1.